The minimum atomic E-state index is 0.506. The van der Waals surface area contributed by atoms with Gasteiger partial charge in [0.2, 0.25) is 0 Å². The fourth-order valence-corrected chi connectivity index (χ4v) is 0.924. The van der Waals surface area contributed by atoms with E-state index in [2.05, 4.69) is 23.9 Å². The third-order valence-electron chi connectivity index (χ3n) is 1.58. The van der Waals surface area contributed by atoms with Gasteiger partial charge in [-0.2, -0.15) is 0 Å². The lowest BCUT2D eigenvalue weighted by Gasteiger charge is -2.07. The van der Waals surface area contributed by atoms with Crippen molar-refractivity contribution in [2.24, 2.45) is 11.0 Å². The first-order chi connectivity index (χ1) is 6.72. The Labute approximate surface area is 83.1 Å². The molecule has 0 N–H and O–H groups in total. The van der Waals surface area contributed by atoms with Gasteiger partial charge in [0.15, 0.2) is 0 Å². The van der Waals surface area contributed by atoms with Crippen LogP contribution < -0.4 is 4.74 Å². The zero-order chi connectivity index (χ0) is 10.4. The van der Waals surface area contributed by atoms with Gasteiger partial charge in [-0.3, -0.25) is 0 Å². The van der Waals surface area contributed by atoms with Crippen LogP contribution in [0, 0.1) is 5.92 Å². The first-order valence-electron chi connectivity index (χ1n) is 4.50. The van der Waals surface area contributed by atoms with E-state index in [1.54, 1.807) is 24.3 Å². The summed E-state index contributed by atoms with van der Waals surface area (Å²) in [5.41, 5.74) is 8.79. The van der Waals surface area contributed by atoms with Crippen molar-refractivity contribution >= 4 is 5.69 Å². The number of ether oxygens (including phenoxy) is 1. The molecule has 0 radical (unpaired) electrons. The van der Waals surface area contributed by atoms with E-state index < -0.39 is 0 Å². The fraction of sp³-hybridized carbons (Fsp3) is 0.400. The second-order valence-electron chi connectivity index (χ2n) is 3.39. The van der Waals surface area contributed by atoms with Crippen LogP contribution in [0.1, 0.15) is 13.8 Å². The summed E-state index contributed by atoms with van der Waals surface area (Å²) in [5, 5.41) is 3.47. The Kier molecular flexibility index (Phi) is 3.83. The van der Waals surface area contributed by atoms with Gasteiger partial charge in [0, 0.05) is 10.6 Å². The predicted octanol–water partition coefficient (Wildman–Crippen LogP) is 3.66. The molecule has 0 aliphatic rings. The van der Waals surface area contributed by atoms with E-state index in [4.69, 9.17) is 10.3 Å². The molecule has 0 aliphatic heterocycles. The van der Waals surface area contributed by atoms with Gasteiger partial charge in [0.05, 0.1) is 6.61 Å². The summed E-state index contributed by atoms with van der Waals surface area (Å²) < 4.78 is 5.47. The molecule has 0 amide bonds. The highest BCUT2D eigenvalue weighted by atomic mass is 16.5. The van der Waals surface area contributed by atoms with Gasteiger partial charge in [-0.1, -0.05) is 19.0 Å². The maximum absolute atomic E-state index is 8.19. The fourth-order valence-electron chi connectivity index (χ4n) is 0.924. The Morgan fingerprint density at radius 3 is 2.50 bits per heavy atom. The molecule has 0 heterocycles. The molecule has 0 aliphatic carbocycles. The van der Waals surface area contributed by atoms with Crippen molar-refractivity contribution in [2.45, 2.75) is 13.8 Å². The maximum Gasteiger partial charge on any atom is 0.119 e. The standard InChI is InChI=1S/C10H13N3O/c1-8(2)7-14-10-5-3-9(4-6-10)12-13-11/h3-6,8H,7H2,1-2H3. The minimum Gasteiger partial charge on any atom is -0.493 e. The molecule has 1 rings (SSSR count). The van der Waals surface area contributed by atoms with Gasteiger partial charge in [-0.05, 0) is 35.7 Å². The van der Waals surface area contributed by atoms with E-state index in [0.29, 0.717) is 18.2 Å². The maximum atomic E-state index is 8.19. The molecule has 0 fully saturated rings. The van der Waals surface area contributed by atoms with Gasteiger partial charge in [-0.15, -0.1) is 0 Å². The summed E-state index contributed by atoms with van der Waals surface area (Å²) in [6.45, 7) is 4.88. The Morgan fingerprint density at radius 2 is 2.00 bits per heavy atom. The molecule has 0 unspecified atom stereocenters. The second kappa shape index (κ2) is 5.14. The van der Waals surface area contributed by atoms with Crippen molar-refractivity contribution in [3.63, 3.8) is 0 Å². The second-order valence-corrected chi connectivity index (χ2v) is 3.39. The Bertz CT molecular complexity index is 326. The smallest absolute Gasteiger partial charge is 0.119 e. The molecule has 0 saturated heterocycles. The summed E-state index contributed by atoms with van der Waals surface area (Å²) in [6, 6.07) is 7.06. The van der Waals surface area contributed by atoms with Gasteiger partial charge >= 0.3 is 0 Å². The van der Waals surface area contributed by atoms with Crippen LogP contribution in [0.15, 0.2) is 29.4 Å². The van der Waals surface area contributed by atoms with E-state index in [1.807, 2.05) is 0 Å². The molecule has 14 heavy (non-hydrogen) atoms. The summed E-state index contributed by atoms with van der Waals surface area (Å²) in [5.74, 6) is 1.31. The van der Waals surface area contributed by atoms with Crippen molar-refractivity contribution in [3.05, 3.63) is 34.7 Å². The molecule has 1 aromatic rings. The Hall–Kier alpha value is -1.67. The lowest BCUT2D eigenvalue weighted by molar-refractivity contribution is 0.271. The highest BCUT2D eigenvalue weighted by Gasteiger charge is 1.96. The first kappa shape index (κ1) is 10.4. The predicted molar refractivity (Wildman–Crippen MR) is 55.6 cm³/mol. The summed E-state index contributed by atoms with van der Waals surface area (Å²) in [4.78, 5) is 2.69. The highest BCUT2D eigenvalue weighted by Crippen LogP contribution is 2.18. The van der Waals surface area contributed by atoms with Crippen LogP contribution in [0.25, 0.3) is 10.4 Å². The lowest BCUT2D eigenvalue weighted by atomic mass is 10.2. The number of benzene rings is 1. The largest absolute Gasteiger partial charge is 0.493 e. The number of rotatable bonds is 4. The lowest BCUT2D eigenvalue weighted by Crippen LogP contribution is -2.03. The number of hydrogen-bond donors (Lipinski definition) is 0. The highest BCUT2D eigenvalue weighted by molar-refractivity contribution is 5.40. The SMILES string of the molecule is CC(C)COc1ccc(N=[N+]=[N-])cc1. The van der Waals surface area contributed by atoms with Crippen molar-refractivity contribution in [1.82, 2.24) is 0 Å². The molecule has 0 bridgehead atoms. The number of hydrogen-bond acceptors (Lipinski definition) is 2. The normalized spacial score (nSPS) is 9.64. The van der Waals surface area contributed by atoms with Crippen LogP contribution in [0.3, 0.4) is 0 Å². The first-order valence-corrected chi connectivity index (χ1v) is 4.50. The molecule has 74 valence electrons. The summed E-state index contributed by atoms with van der Waals surface area (Å²) in [7, 11) is 0. The minimum absolute atomic E-state index is 0.506. The molecular formula is C10H13N3O. The third kappa shape index (κ3) is 3.37. The molecule has 4 heteroatoms. The van der Waals surface area contributed by atoms with E-state index in [9.17, 15) is 0 Å². The van der Waals surface area contributed by atoms with Gasteiger partial charge in [-0.25, -0.2) is 0 Å². The quantitative estimate of drug-likeness (QED) is 0.407. The monoisotopic (exact) mass is 191 g/mol. The van der Waals surface area contributed by atoms with Gasteiger partial charge in [0.1, 0.15) is 5.75 Å². The van der Waals surface area contributed by atoms with Gasteiger partial charge in [0.25, 0.3) is 0 Å². The zero-order valence-corrected chi connectivity index (χ0v) is 8.34. The summed E-state index contributed by atoms with van der Waals surface area (Å²) >= 11 is 0. The summed E-state index contributed by atoms with van der Waals surface area (Å²) in [6.07, 6.45) is 0. The van der Waals surface area contributed by atoms with Crippen LogP contribution in [0.2, 0.25) is 0 Å². The molecule has 4 nitrogen and oxygen atoms in total. The van der Waals surface area contributed by atoms with E-state index in [1.165, 1.54) is 0 Å². The molecular weight excluding hydrogens is 178 g/mol. The van der Waals surface area contributed by atoms with Crippen LogP contribution in [0.5, 0.6) is 5.75 Å². The van der Waals surface area contributed by atoms with Gasteiger partial charge < -0.3 is 4.74 Å². The van der Waals surface area contributed by atoms with Crippen molar-refractivity contribution in [3.8, 4) is 5.75 Å². The van der Waals surface area contributed by atoms with Crippen molar-refractivity contribution in [2.75, 3.05) is 6.61 Å². The molecule has 1 aromatic carbocycles. The average Bonchev–Trinajstić information content (AvgIpc) is 2.17. The molecule has 0 saturated carbocycles. The van der Waals surface area contributed by atoms with Crippen molar-refractivity contribution < 1.29 is 4.74 Å². The van der Waals surface area contributed by atoms with Crippen LogP contribution in [0.4, 0.5) is 5.69 Å². The van der Waals surface area contributed by atoms with E-state index >= 15 is 0 Å². The Balaban J connectivity index is 2.59. The number of azide groups is 1. The Morgan fingerprint density at radius 1 is 1.36 bits per heavy atom. The van der Waals surface area contributed by atoms with Crippen LogP contribution >= 0.6 is 0 Å². The molecule has 0 spiro atoms. The molecule has 0 atom stereocenters. The molecule has 0 aromatic heterocycles. The van der Waals surface area contributed by atoms with E-state index in [0.717, 1.165) is 5.75 Å². The zero-order valence-electron chi connectivity index (χ0n) is 8.34. The van der Waals surface area contributed by atoms with Crippen molar-refractivity contribution in [1.29, 1.82) is 0 Å². The van der Waals surface area contributed by atoms with Crippen LogP contribution in [-0.4, -0.2) is 6.61 Å². The third-order valence-corrected chi connectivity index (χ3v) is 1.58. The number of nitrogens with zero attached hydrogens (tertiary/aromatic N) is 3. The van der Waals surface area contributed by atoms with E-state index in [-0.39, 0.29) is 0 Å². The average molecular weight is 191 g/mol. The topological polar surface area (TPSA) is 58.0 Å². The van der Waals surface area contributed by atoms with Crippen LogP contribution in [-0.2, 0) is 0 Å².